The maximum absolute atomic E-state index is 5.14. The first-order chi connectivity index (χ1) is 9.26. The van der Waals surface area contributed by atoms with E-state index < -0.39 is 0 Å². The molecule has 3 rings (SSSR count). The molecule has 3 aromatic heterocycles. The van der Waals surface area contributed by atoms with Crippen molar-refractivity contribution in [2.45, 2.75) is 13.5 Å². The lowest BCUT2D eigenvalue weighted by Gasteiger charge is -2.06. The first-order valence-corrected chi connectivity index (χ1v) is 5.81. The van der Waals surface area contributed by atoms with Crippen molar-refractivity contribution >= 4 is 22.8 Å². The van der Waals surface area contributed by atoms with Crippen LogP contribution in [0.1, 0.15) is 11.5 Å². The van der Waals surface area contributed by atoms with Crippen LogP contribution >= 0.6 is 0 Å². The molecule has 0 unspecified atom stereocenters. The second-order valence-corrected chi connectivity index (χ2v) is 4.07. The van der Waals surface area contributed by atoms with Crippen LogP contribution in [0, 0.1) is 6.92 Å². The summed E-state index contributed by atoms with van der Waals surface area (Å²) in [6, 6.07) is 1.87. The SMILES string of the molecule is CNc1nc(NCc2cc(C)no2)c2cn[nH]c2n1. The number of aromatic amines is 1. The molecule has 8 heteroatoms. The lowest BCUT2D eigenvalue weighted by molar-refractivity contribution is 0.384. The Balaban J connectivity index is 1.88. The van der Waals surface area contributed by atoms with Gasteiger partial charge in [-0.15, -0.1) is 0 Å². The van der Waals surface area contributed by atoms with E-state index in [0.717, 1.165) is 16.8 Å². The number of fused-ring (bicyclic) bond motifs is 1. The van der Waals surface area contributed by atoms with Crippen molar-refractivity contribution in [3.63, 3.8) is 0 Å². The second kappa shape index (κ2) is 4.56. The van der Waals surface area contributed by atoms with E-state index in [0.29, 0.717) is 24.0 Å². The Morgan fingerprint density at radius 1 is 1.37 bits per heavy atom. The summed E-state index contributed by atoms with van der Waals surface area (Å²) in [5.74, 6) is 1.96. The molecule has 0 saturated carbocycles. The average Bonchev–Trinajstić information content (AvgIpc) is 3.04. The molecule has 0 aliphatic rings. The molecular weight excluding hydrogens is 246 g/mol. The fraction of sp³-hybridized carbons (Fsp3) is 0.273. The number of H-pyrrole nitrogens is 1. The number of hydrogen-bond acceptors (Lipinski definition) is 7. The van der Waals surface area contributed by atoms with E-state index in [2.05, 4.69) is 36.0 Å². The van der Waals surface area contributed by atoms with Gasteiger partial charge in [-0.05, 0) is 6.92 Å². The lowest BCUT2D eigenvalue weighted by Crippen LogP contribution is -2.04. The number of nitrogens with one attached hydrogen (secondary N) is 3. The first-order valence-electron chi connectivity index (χ1n) is 5.81. The van der Waals surface area contributed by atoms with Gasteiger partial charge in [0.05, 0.1) is 23.8 Å². The smallest absolute Gasteiger partial charge is 0.226 e. The number of rotatable bonds is 4. The summed E-state index contributed by atoms with van der Waals surface area (Å²) in [5, 5.41) is 17.5. The van der Waals surface area contributed by atoms with E-state index in [1.54, 1.807) is 13.2 Å². The van der Waals surface area contributed by atoms with Crippen LogP contribution in [0.4, 0.5) is 11.8 Å². The first kappa shape index (κ1) is 11.5. The van der Waals surface area contributed by atoms with Gasteiger partial charge < -0.3 is 15.2 Å². The third-order valence-electron chi connectivity index (χ3n) is 2.64. The van der Waals surface area contributed by atoms with E-state index in [1.807, 2.05) is 13.0 Å². The Bertz CT molecular complexity index is 702. The maximum atomic E-state index is 5.14. The van der Waals surface area contributed by atoms with Crippen molar-refractivity contribution in [2.75, 3.05) is 17.7 Å². The molecule has 0 fully saturated rings. The Hall–Kier alpha value is -2.64. The molecule has 0 radical (unpaired) electrons. The fourth-order valence-electron chi connectivity index (χ4n) is 1.75. The molecule has 0 saturated heterocycles. The van der Waals surface area contributed by atoms with E-state index >= 15 is 0 Å². The average molecular weight is 259 g/mol. The topological polar surface area (TPSA) is 105 Å². The highest BCUT2D eigenvalue weighted by Crippen LogP contribution is 2.20. The van der Waals surface area contributed by atoms with Crippen molar-refractivity contribution in [2.24, 2.45) is 0 Å². The Labute approximate surface area is 108 Å². The monoisotopic (exact) mass is 259 g/mol. The molecule has 0 spiro atoms. The molecule has 19 heavy (non-hydrogen) atoms. The minimum atomic E-state index is 0.501. The standard InChI is InChI=1S/C11H13N7O/c1-6-3-7(19-18-6)4-13-9-8-5-14-17-10(8)16-11(12-2)15-9/h3,5H,4H2,1-2H3,(H3,12,13,14,15,16,17). The molecule has 3 aromatic rings. The van der Waals surface area contributed by atoms with Gasteiger partial charge in [0.1, 0.15) is 5.82 Å². The molecule has 0 aliphatic heterocycles. The minimum absolute atomic E-state index is 0.501. The molecule has 0 amide bonds. The Morgan fingerprint density at radius 2 is 2.26 bits per heavy atom. The third kappa shape index (κ3) is 2.19. The van der Waals surface area contributed by atoms with Crippen LogP contribution in [0.5, 0.6) is 0 Å². The van der Waals surface area contributed by atoms with Crippen LogP contribution in [0.15, 0.2) is 16.8 Å². The van der Waals surface area contributed by atoms with E-state index in [4.69, 9.17) is 4.52 Å². The van der Waals surface area contributed by atoms with E-state index in [-0.39, 0.29) is 0 Å². The van der Waals surface area contributed by atoms with Gasteiger partial charge in [0.15, 0.2) is 11.4 Å². The third-order valence-corrected chi connectivity index (χ3v) is 2.64. The van der Waals surface area contributed by atoms with Crippen LogP contribution in [0.2, 0.25) is 0 Å². The zero-order chi connectivity index (χ0) is 13.2. The molecular formula is C11H13N7O. The molecule has 98 valence electrons. The summed E-state index contributed by atoms with van der Waals surface area (Å²) < 4.78 is 5.14. The summed E-state index contributed by atoms with van der Waals surface area (Å²) in [6.07, 6.45) is 1.68. The molecule has 0 atom stereocenters. The molecule has 0 aromatic carbocycles. The predicted molar refractivity (Wildman–Crippen MR) is 69.8 cm³/mol. The van der Waals surface area contributed by atoms with Crippen LogP contribution in [0.3, 0.4) is 0 Å². The van der Waals surface area contributed by atoms with Crippen molar-refractivity contribution in [1.29, 1.82) is 0 Å². The van der Waals surface area contributed by atoms with Gasteiger partial charge in [0, 0.05) is 13.1 Å². The van der Waals surface area contributed by atoms with Gasteiger partial charge in [0.25, 0.3) is 0 Å². The molecule has 3 heterocycles. The van der Waals surface area contributed by atoms with Crippen LogP contribution in [0.25, 0.3) is 11.0 Å². The van der Waals surface area contributed by atoms with Crippen LogP contribution in [-0.2, 0) is 6.54 Å². The minimum Gasteiger partial charge on any atom is -0.362 e. The Kier molecular flexibility index (Phi) is 2.75. The second-order valence-electron chi connectivity index (χ2n) is 4.07. The van der Waals surface area contributed by atoms with Crippen molar-refractivity contribution in [3.05, 3.63) is 23.7 Å². The van der Waals surface area contributed by atoms with Gasteiger partial charge in [-0.3, -0.25) is 5.10 Å². The van der Waals surface area contributed by atoms with Crippen LogP contribution < -0.4 is 10.6 Å². The predicted octanol–water partition coefficient (Wildman–Crippen LogP) is 1.30. The zero-order valence-electron chi connectivity index (χ0n) is 10.6. The summed E-state index contributed by atoms with van der Waals surface area (Å²) in [4.78, 5) is 8.62. The Morgan fingerprint density at radius 3 is 3.00 bits per heavy atom. The summed E-state index contributed by atoms with van der Waals surface area (Å²) in [7, 11) is 1.77. The highest BCUT2D eigenvalue weighted by Gasteiger charge is 2.09. The largest absolute Gasteiger partial charge is 0.362 e. The van der Waals surface area contributed by atoms with Crippen molar-refractivity contribution in [1.82, 2.24) is 25.3 Å². The normalized spacial score (nSPS) is 10.8. The van der Waals surface area contributed by atoms with Crippen molar-refractivity contribution in [3.8, 4) is 0 Å². The van der Waals surface area contributed by atoms with Gasteiger partial charge in [-0.1, -0.05) is 5.16 Å². The van der Waals surface area contributed by atoms with Gasteiger partial charge in [0.2, 0.25) is 5.95 Å². The molecule has 3 N–H and O–H groups in total. The van der Waals surface area contributed by atoms with E-state index in [9.17, 15) is 0 Å². The van der Waals surface area contributed by atoms with Gasteiger partial charge in [-0.2, -0.15) is 15.1 Å². The number of aromatic nitrogens is 5. The highest BCUT2D eigenvalue weighted by atomic mass is 16.5. The summed E-state index contributed by atoms with van der Waals surface area (Å²) in [5.41, 5.74) is 1.53. The number of anilines is 2. The molecule has 0 aliphatic carbocycles. The maximum Gasteiger partial charge on any atom is 0.226 e. The summed E-state index contributed by atoms with van der Waals surface area (Å²) >= 11 is 0. The van der Waals surface area contributed by atoms with Crippen molar-refractivity contribution < 1.29 is 4.52 Å². The van der Waals surface area contributed by atoms with Gasteiger partial charge >= 0.3 is 0 Å². The molecule has 8 nitrogen and oxygen atoms in total. The van der Waals surface area contributed by atoms with Gasteiger partial charge in [-0.25, -0.2) is 0 Å². The fourth-order valence-corrected chi connectivity index (χ4v) is 1.75. The lowest BCUT2D eigenvalue weighted by atomic mass is 10.3. The van der Waals surface area contributed by atoms with Crippen LogP contribution in [-0.4, -0.2) is 32.4 Å². The quantitative estimate of drug-likeness (QED) is 0.648. The number of aryl methyl sites for hydroxylation is 1. The number of hydrogen-bond donors (Lipinski definition) is 3. The highest BCUT2D eigenvalue weighted by molar-refractivity contribution is 5.86. The number of nitrogens with zero attached hydrogens (tertiary/aromatic N) is 4. The molecule has 0 bridgehead atoms. The zero-order valence-corrected chi connectivity index (χ0v) is 10.6. The van der Waals surface area contributed by atoms with E-state index in [1.165, 1.54) is 0 Å². The summed E-state index contributed by atoms with van der Waals surface area (Å²) in [6.45, 7) is 2.38.